The van der Waals surface area contributed by atoms with Gasteiger partial charge in [-0.15, -0.1) is 0 Å². The first-order valence-corrected chi connectivity index (χ1v) is 7.40. The fourth-order valence-corrected chi connectivity index (χ4v) is 2.59. The van der Waals surface area contributed by atoms with Gasteiger partial charge in [0, 0.05) is 50.0 Å². The van der Waals surface area contributed by atoms with E-state index in [-0.39, 0.29) is 0 Å². The summed E-state index contributed by atoms with van der Waals surface area (Å²) in [6, 6.07) is 5.53. The number of hydrogen-bond acceptors (Lipinski definition) is 4. The van der Waals surface area contributed by atoms with Gasteiger partial charge < -0.3 is 10.5 Å². The Labute approximate surface area is 128 Å². The third-order valence-corrected chi connectivity index (χ3v) is 3.65. The van der Waals surface area contributed by atoms with Gasteiger partial charge in [0.05, 0.1) is 13.2 Å². The molecule has 1 aliphatic heterocycles. The molecule has 0 radical (unpaired) electrons. The van der Waals surface area contributed by atoms with Crippen LogP contribution in [0.15, 0.2) is 18.2 Å². The first kappa shape index (κ1) is 16.9. The third kappa shape index (κ3) is 5.06. The predicted octanol–water partition coefficient (Wildman–Crippen LogP) is 2.35. The number of piperazine rings is 1. The van der Waals surface area contributed by atoms with Crippen molar-refractivity contribution in [2.75, 3.05) is 45.1 Å². The highest BCUT2D eigenvalue weighted by molar-refractivity contribution is 5.48. The number of nitrogens with zero attached hydrogens (tertiary/aromatic N) is 2. The average Bonchev–Trinajstić information content (AvgIpc) is 2.42. The van der Waals surface area contributed by atoms with Crippen molar-refractivity contribution in [3.8, 4) is 5.75 Å². The van der Waals surface area contributed by atoms with Gasteiger partial charge in [-0.05, 0) is 13.0 Å². The molecular formula is C15H22F3N3O. The Morgan fingerprint density at radius 3 is 2.36 bits per heavy atom. The standard InChI is InChI=1S/C15H22F3N3O/c1-2-22-14-9-13(19)4-3-12(14)10-20-5-7-21(8-6-20)11-15(16,17)18/h3-4,9H,2,5-8,10-11,19H2,1H3. The normalized spacial score (nSPS) is 17.6. The first-order valence-electron chi connectivity index (χ1n) is 7.40. The van der Waals surface area contributed by atoms with Crippen LogP contribution in [0.1, 0.15) is 12.5 Å². The van der Waals surface area contributed by atoms with Crippen molar-refractivity contribution in [3.05, 3.63) is 23.8 Å². The molecule has 0 atom stereocenters. The Morgan fingerprint density at radius 2 is 1.77 bits per heavy atom. The second-order valence-corrected chi connectivity index (χ2v) is 5.47. The summed E-state index contributed by atoms with van der Waals surface area (Å²) < 4.78 is 42.7. The van der Waals surface area contributed by atoms with E-state index < -0.39 is 12.7 Å². The molecule has 1 heterocycles. The SMILES string of the molecule is CCOc1cc(N)ccc1CN1CCN(CC(F)(F)F)CC1. The minimum atomic E-state index is -4.12. The summed E-state index contributed by atoms with van der Waals surface area (Å²) in [5.74, 6) is 0.750. The van der Waals surface area contributed by atoms with E-state index in [2.05, 4.69) is 4.90 Å². The van der Waals surface area contributed by atoms with Gasteiger partial charge in [-0.25, -0.2) is 0 Å². The van der Waals surface area contributed by atoms with E-state index in [0.29, 0.717) is 45.0 Å². The zero-order valence-corrected chi connectivity index (χ0v) is 12.7. The van der Waals surface area contributed by atoms with Gasteiger partial charge in [-0.2, -0.15) is 13.2 Å². The van der Waals surface area contributed by atoms with Crippen molar-refractivity contribution in [2.24, 2.45) is 0 Å². The average molecular weight is 317 g/mol. The highest BCUT2D eigenvalue weighted by atomic mass is 19.4. The molecule has 4 nitrogen and oxygen atoms in total. The molecule has 1 saturated heterocycles. The molecule has 0 saturated carbocycles. The van der Waals surface area contributed by atoms with E-state index >= 15 is 0 Å². The highest BCUT2D eigenvalue weighted by Crippen LogP contribution is 2.24. The van der Waals surface area contributed by atoms with Crippen LogP contribution in [0, 0.1) is 0 Å². The van der Waals surface area contributed by atoms with Gasteiger partial charge in [0.1, 0.15) is 5.75 Å². The molecule has 2 rings (SSSR count). The van der Waals surface area contributed by atoms with E-state index in [4.69, 9.17) is 10.5 Å². The molecule has 124 valence electrons. The van der Waals surface area contributed by atoms with Crippen LogP contribution in [0.2, 0.25) is 0 Å². The van der Waals surface area contributed by atoms with Crippen LogP contribution in [0.4, 0.5) is 18.9 Å². The molecule has 22 heavy (non-hydrogen) atoms. The Hall–Kier alpha value is -1.47. The van der Waals surface area contributed by atoms with Gasteiger partial charge >= 0.3 is 6.18 Å². The summed E-state index contributed by atoms with van der Waals surface area (Å²) in [6.07, 6.45) is -4.12. The second kappa shape index (κ2) is 7.19. The van der Waals surface area contributed by atoms with Crippen molar-refractivity contribution in [1.29, 1.82) is 0 Å². The largest absolute Gasteiger partial charge is 0.493 e. The van der Waals surface area contributed by atoms with Crippen LogP contribution < -0.4 is 10.5 Å². The zero-order chi connectivity index (χ0) is 16.2. The lowest BCUT2D eigenvalue weighted by Gasteiger charge is -2.35. The van der Waals surface area contributed by atoms with Crippen LogP contribution in [0.5, 0.6) is 5.75 Å². The molecule has 2 N–H and O–H groups in total. The van der Waals surface area contributed by atoms with E-state index in [9.17, 15) is 13.2 Å². The van der Waals surface area contributed by atoms with Gasteiger partial charge in [-0.1, -0.05) is 6.07 Å². The molecule has 0 bridgehead atoms. The van der Waals surface area contributed by atoms with Crippen LogP contribution in [0.3, 0.4) is 0 Å². The van der Waals surface area contributed by atoms with Crippen molar-refractivity contribution < 1.29 is 17.9 Å². The van der Waals surface area contributed by atoms with E-state index in [1.54, 1.807) is 6.07 Å². The molecule has 0 spiro atoms. The van der Waals surface area contributed by atoms with Crippen molar-refractivity contribution in [3.63, 3.8) is 0 Å². The molecule has 0 unspecified atom stereocenters. The Morgan fingerprint density at radius 1 is 1.14 bits per heavy atom. The summed E-state index contributed by atoms with van der Waals surface area (Å²) in [6.45, 7) is 4.38. The Balaban J connectivity index is 1.91. The summed E-state index contributed by atoms with van der Waals surface area (Å²) in [5.41, 5.74) is 7.42. The lowest BCUT2D eigenvalue weighted by atomic mass is 10.1. The number of hydrogen-bond donors (Lipinski definition) is 1. The van der Waals surface area contributed by atoms with Gasteiger partial charge in [-0.3, -0.25) is 9.80 Å². The summed E-state index contributed by atoms with van der Waals surface area (Å²) in [5, 5.41) is 0. The monoisotopic (exact) mass is 317 g/mol. The van der Waals surface area contributed by atoms with E-state index in [1.165, 1.54) is 4.90 Å². The molecule has 0 amide bonds. The van der Waals surface area contributed by atoms with Gasteiger partial charge in [0.2, 0.25) is 0 Å². The predicted molar refractivity (Wildman–Crippen MR) is 79.8 cm³/mol. The van der Waals surface area contributed by atoms with Gasteiger partial charge in [0.25, 0.3) is 0 Å². The summed E-state index contributed by atoms with van der Waals surface area (Å²) in [7, 11) is 0. The molecular weight excluding hydrogens is 295 g/mol. The molecule has 1 aliphatic rings. The minimum absolute atomic E-state index is 0.429. The van der Waals surface area contributed by atoms with Crippen LogP contribution in [0.25, 0.3) is 0 Å². The van der Waals surface area contributed by atoms with Gasteiger partial charge in [0.15, 0.2) is 0 Å². The van der Waals surface area contributed by atoms with Crippen molar-refractivity contribution in [1.82, 2.24) is 9.80 Å². The van der Waals surface area contributed by atoms with Crippen LogP contribution >= 0.6 is 0 Å². The Kier molecular flexibility index (Phi) is 5.52. The first-order chi connectivity index (χ1) is 10.4. The smallest absolute Gasteiger partial charge is 0.401 e. The third-order valence-electron chi connectivity index (χ3n) is 3.65. The lowest BCUT2D eigenvalue weighted by Crippen LogP contribution is -2.48. The zero-order valence-electron chi connectivity index (χ0n) is 12.7. The second-order valence-electron chi connectivity index (χ2n) is 5.47. The van der Waals surface area contributed by atoms with Crippen LogP contribution in [-0.2, 0) is 6.54 Å². The topological polar surface area (TPSA) is 41.7 Å². The number of halogens is 3. The fraction of sp³-hybridized carbons (Fsp3) is 0.600. The number of nitrogen functional groups attached to an aromatic ring is 1. The number of rotatable bonds is 5. The number of benzene rings is 1. The molecule has 1 aromatic rings. The summed E-state index contributed by atoms with van der Waals surface area (Å²) >= 11 is 0. The highest BCUT2D eigenvalue weighted by Gasteiger charge is 2.32. The molecule has 0 aromatic heterocycles. The van der Waals surface area contributed by atoms with Crippen LogP contribution in [-0.4, -0.2) is 55.3 Å². The molecule has 1 aromatic carbocycles. The molecule has 0 aliphatic carbocycles. The van der Waals surface area contributed by atoms with E-state index in [0.717, 1.165) is 11.3 Å². The molecule has 7 heteroatoms. The Bertz CT molecular complexity index is 485. The maximum absolute atomic E-state index is 12.4. The summed E-state index contributed by atoms with van der Waals surface area (Å²) in [4.78, 5) is 3.59. The number of ether oxygens (including phenoxy) is 1. The fourth-order valence-electron chi connectivity index (χ4n) is 2.59. The number of nitrogens with two attached hydrogens (primary N) is 1. The maximum Gasteiger partial charge on any atom is 0.401 e. The van der Waals surface area contributed by atoms with Crippen molar-refractivity contribution >= 4 is 5.69 Å². The lowest BCUT2D eigenvalue weighted by molar-refractivity contribution is -0.149. The number of anilines is 1. The van der Waals surface area contributed by atoms with E-state index in [1.807, 2.05) is 19.1 Å². The molecule has 1 fully saturated rings. The van der Waals surface area contributed by atoms with Crippen molar-refractivity contribution in [2.45, 2.75) is 19.6 Å². The minimum Gasteiger partial charge on any atom is -0.493 e. The quantitative estimate of drug-likeness (QED) is 0.847. The maximum atomic E-state index is 12.4. The number of alkyl halides is 3.